The van der Waals surface area contributed by atoms with Gasteiger partial charge in [-0.15, -0.1) is 0 Å². The molecule has 0 fully saturated rings. The number of ketones is 1. The molecule has 1 aliphatic heterocycles. The maximum atomic E-state index is 12.9. The number of aryl methyl sites for hydroxylation is 2. The van der Waals surface area contributed by atoms with Gasteiger partial charge in [0.1, 0.15) is 5.82 Å². The van der Waals surface area contributed by atoms with Crippen molar-refractivity contribution in [2.24, 2.45) is 0 Å². The number of fused-ring (bicyclic) bond motifs is 2. The lowest BCUT2D eigenvalue weighted by Crippen LogP contribution is -2.26. The Hall–Kier alpha value is -2.75. The standard InChI is InChI=1S/C23H24N2O2/c1-16-7-10-18(11-8-16)21(26)15-17-9-12-19-20(14-17)24-22-6-4-2-3-5-13-25(22)23(19)27/h7-12,14H,2-6,13,15H2,1H3. The van der Waals surface area contributed by atoms with Crippen molar-refractivity contribution in [3.05, 3.63) is 75.3 Å². The van der Waals surface area contributed by atoms with Crippen LogP contribution in [0.15, 0.2) is 47.3 Å². The highest BCUT2D eigenvalue weighted by Crippen LogP contribution is 2.17. The van der Waals surface area contributed by atoms with Crippen LogP contribution in [0.1, 0.15) is 53.0 Å². The lowest BCUT2D eigenvalue weighted by molar-refractivity contribution is 0.0993. The fourth-order valence-corrected chi connectivity index (χ4v) is 3.78. The molecular weight excluding hydrogens is 336 g/mol. The Morgan fingerprint density at radius 2 is 1.81 bits per heavy atom. The molecule has 4 heteroatoms. The number of carbonyl (C=O) groups excluding carboxylic acids is 1. The van der Waals surface area contributed by atoms with Gasteiger partial charge in [0.15, 0.2) is 5.78 Å². The highest BCUT2D eigenvalue weighted by Gasteiger charge is 2.14. The summed E-state index contributed by atoms with van der Waals surface area (Å²) in [6.07, 6.45) is 5.63. The molecule has 2 aromatic carbocycles. The molecule has 138 valence electrons. The SMILES string of the molecule is Cc1ccc(C(=O)Cc2ccc3c(=O)n4c(nc3c2)CCCCCC4)cc1. The van der Waals surface area contributed by atoms with E-state index in [0.717, 1.165) is 42.8 Å². The Balaban J connectivity index is 1.67. The third kappa shape index (κ3) is 3.70. The summed E-state index contributed by atoms with van der Waals surface area (Å²) in [6, 6.07) is 13.3. The number of rotatable bonds is 3. The molecule has 0 saturated carbocycles. The quantitative estimate of drug-likeness (QED) is 0.656. The Kier molecular flexibility index (Phi) is 4.88. The fraction of sp³-hybridized carbons (Fsp3) is 0.348. The third-order valence-corrected chi connectivity index (χ3v) is 5.37. The van der Waals surface area contributed by atoms with Gasteiger partial charge in [-0.25, -0.2) is 4.98 Å². The Labute approximate surface area is 158 Å². The number of benzene rings is 2. The normalized spacial score (nSPS) is 14.4. The summed E-state index contributed by atoms with van der Waals surface area (Å²) in [6.45, 7) is 2.76. The minimum Gasteiger partial charge on any atom is -0.296 e. The second-order valence-corrected chi connectivity index (χ2v) is 7.47. The molecule has 0 atom stereocenters. The van der Waals surface area contributed by atoms with E-state index < -0.39 is 0 Å². The zero-order chi connectivity index (χ0) is 18.8. The predicted octanol–water partition coefficient (Wildman–Crippen LogP) is 4.25. The van der Waals surface area contributed by atoms with Gasteiger partial charge in [-0.1, -0.05) is 48.7 Å². The van der Waals surface area contributed by atoms with E-state index in [0.29, 0.717) is 22.9 Å². The van der Waals surface area contributed by atoms with E-state index in [4.69, 9.17) is 4.98 Å². The molecular formula is C23H24N2O2. The molecule has 0 bridgehead atoms. The maximum Gasteiger partial charge on any atom is 0.261 e. The third-order valence-electron chi connectivity index (χ3n) is 5.37. The molecule has 4 rings (SSSR count). The monoisotopic (exact) mass is 360 g/mol. The van der Waals surface area contributed by atoms with Crippen molar-refractivity contribution in [3.63, 3.8) is 0 Å². The van der Waals surface area contributed by atoms with Crippen molar-refractivity contribution in [1.82, 2.24) is 9.55 Å². The van der Waals surface area contributed by atoms with Gasteiger partial charge in [-0.2, -0.15) is 0 Å². The molecule has 1 aromatic heterocycles. The smallest absolute Gasteiger partial charge is 0.261 e. The second kappa shape index (κ2) is 7.47. The van der Waals surface area contributed by atoms with Crippen molar-refractivity contribution in [2.45, 2.75) is 52.0 Å². The van der Waals surface area contributed by atoms with E-state index in [1.807, 2.05) is 54.0 Å². The molecule has 0 unspecified atom stereocenters. The minimum absolute atomic E-state index is 0.0494. The van der Waals surface area contributed by atoms with E-state index in [-0.39, 0.29) is 11.3 Å². The largest absolute Gasteiger partial charge is 0.296 e. The highest BCUT2D eigenvalue weighted by atomic mass is 16.1. The van der Waals surface area contributed by atoms with Gasteiger partial charge in [0.25, 0.3) is 5.56 Å². The Morgan fingerprint density at radius 1 is 1.04 bits per heavy atom. The van der Waals surface area contributed by atoms with Crippen molar-refractivity contribution in [1.29, 1.82) is 0 Å². The van der Waals surface area contributed by atoms with Crippen LogP contribution in [0.5, 0.6) is 0 Å². The summed E-state index contributed by atoms with van der Waals surface area (Å²) in [5, 5.41) is 0.644. The molecule has 1 aliphatic rings. The maximum absolute atomic E-state index is 12.9. The van der Waals surface area contributed by atoms with E-state index in [2.05, 4.69) is 0 Å². The molecule has 4 nitrogen and oxygen atoms in total. The van der Waals surface area contributed by atoms with Gasteiger partial charge in [0.2, 0.25) is 0 Å². The molecule has 0 spiro atoms. The Bertz CT molecular complexity index is 1050. The molecule has 0 saturated heterocycles. The topological polar surface area (TPSA) is 52.0 Å². The summed E-state index contributed by atoms with van der Waals surface area (Å²) in [7, 11) is 0. The average Bonchev–Trinajstić information content (AvgIpc) is 2.64. The van der Waals surface area contributed by atoms with Crippen LogP contribution in [-0.2, 0) is 19.4 Å². The zero-order valence-electron chi connectivity index (χ0n) is 15.7. The molecule has 0 N–H and O–H groups in total. The van der Waals surface area contributed by atoms with Gasteiger partial charge >= 0.3 is 0 Å². The van der Waals surface area contributed by atoms with E-state index >= 15 is 0 Å². The van der Waals surface area contributed by atoms with Crippen LogP contribution in [0.25, 0.3) is 10.9 Å². The van der Waals surface area contributed by atoms with Crippen molar-refractivity contribution < 1.29 is 4.79 Å². The van der Waals surface area contributed by atoms with E-state index in [1.165, 1.54) is 12.8 Å². The van der Waals surface area contributed by atoms with Crippen molar-refractivity contribution in [3.8, 4) is 0 Å². The first-order chi connectivity index (χ1) is 13.1. The molecule has 0 amide bonds. The first-order valence-electron chi connectivity index (χ1n) is 9.74. The van der Waals surface area contributed by atoms with Crippen molar-refractivity contribution in [2.75, 3.05) is 0 Å². The number of carbonyl (C=O) groups is 1. The lowest BCUT2D eigenvalue weighted by atomic mass is 10.0. The van der Waals surface area contributed by atoms with E-state index in [9.17, 15) is 9.59 Å². The summed E-state index contributed by atoms with van der Waals surface area (Å²) in [5.41, 5.74) is 3.51. The zero-order valence-corrected chi connectivity index (χ0v) is 15.7. The van der Waals surface area contributed by atoms with Gasteiger partial charge in [-0.3, -0.25) is 14.2 Å². The molecule has 0 aliphatic carbocycles. The summed E-state index contributed by atoms with van der Waals surface area (Å²) in [4.78, 5) is 30.2. The Morgan fingerprint density at radius 3 is 2.63 bits per heavy atom. The van der Waals surface area contributed by atoms with Crippen LogP contribution >= 0.6 is 0 Å². The van der Waals surface area contributed by atoms with Crippen LogP contribution in [0.3, 0.4) is 0 Å². The molecule has 0 radical (unpaired) electrons. The summed E-state index contributed by atoms with van der Waals surface area (Å²) in [5.74, 6) is 0.964. The molecule has 2 heterocycles. The predicted molar refractivity (Wildman–Crippen MR) is 107 cm³/mol. The first-order valence-corrected chi connectivity index (χ1v) is 9.74. The second-order valence-electron chi connectivity index (χ2n) is 7.47. The summed E-state index contributed by atoms with van der Waals surface area (Å²) < 4.78 is 1.85. The van der Waals surface area contributed by atoms with Crippen LogP contribution in [0, 0.1) is 6.92 Å². The first kappa shape index (κ1) is 17.7. The number of Topliss-reactive ketones (excluding diaryl/α,β-unsaturated/α-hetero) is 1. The van der Waals surface area contributed by atoms with Gasteiger partial charge in [-0.05, 0) is 37.5 Å². The number of hydrogen-bond donors (Lipinski definition) is 0. The van der Waals surface area contributed by atoms with Crippen LogP contribution in [0.2, 0.25) is 0 Å². The minimum atomic E-state index is 0.0494. The molecule has 27 heavy (non-hydrogen) atoms. The van der Waals surface area contributed by atoms with Crippen LogP contribution < -0.4 is 5.56 Å². The van der Waals surface area contributed by atoms with Crippen LogP contribution in [0.4, 0.5) is 0 Å². The number of hydrogen-bond acceptors (Lipinski definition) is 3. The van der Waals surface area contributed by atoms with Crippen LogP contribution in [-0.4, -0.2) is 15.3 Å². The van der Waals surface area contributed by atoms with Gasteiger partial charge in [0.05, 0.1) is 10.9 Å². The summed E-state index contributed by atoms with van der Waals surface area (Å²) >= 11 is 0. The fourth-order valence-electron chi connectivity index (χ4n) is 3.78. The number of nitrogens with zero attached hydrogens (tertiary/aromatic N) is 2. The van der Waals surface area contributed by atoms with Gasteiger partial charge in [0, 0.05) is 24.9 Å². The highest BCUT2D eigenvalue weighted by molar-refractivity contribution is 5.98. The number of aromatic nitrogens is 2. The van der Waals surface area contributed by atoms with E-state index in [1.54, 1.807) is 0 Å². The molecule has 3 aromatic rings. The average molecular weight is 360 g/mol. The van der Waals surface area contributed by atoms with Crippen molar-refractivity contribution >= 4 is 16.7 Å². The van der Waals surface area contributed by atoms with Gasteiger partial charge < -0.3 is 0 Å². The lowest BCUT2D eigenvalue weighted by Gasteiger charge is -2.16.